The fourth-order valence-corrected chi connectivity index (χ4v) is 5.29. The number of thioether (sulfide) groups is 1. The first kappa shape index (κ1) is 16.7. The summed E-state index contributed by atoms with van der Waals surface area (Å²) in [5, 5.41) is 14.0. The number of thiazole rings is 1. The number of nitrogens with zero attached hydrogens (tertiary/aromatic N) is 5. The van der Waals surface area contributed by atoms with Gasteiger partial charge in [0.2, 0.25) is 4.96 Å². The van der Waals surface area contributed by atoms with E-state index in [-0.39, 0.29) is 0 Å². The predicted octanol–water partition coefficient (Wildman–Crippen LogP) is 4.67. The van der Waals surface area contributed by atoms with Gasteiger partial charge in [-0.1, -0.05) is 53.4 Å². The van der Waals surface area contributed by atoms with E-state index in [1.54, 1.807) is 27.6 Å². The van der Waals surface area contributed by atoms with Crippen molar-refractivity contribution in [2.75, 3.05) is 0 Å². The fourth-order valence-electron chi connectivity index (χ4n) is 2.55. The molecule has 0 aliphatic carbocycles. The molecule has 0 radical (unpaired) electrons. The average Bonchev–Trinajstić information content (AvgIpc) is 3.39. The van der Waals surface area contributed by atoms with Crippen molar-refractivity contribution >= 4 is 49.6 Å². The Bertz CT molecular complexity index is 1160. The molecular weight excluding hydrogens is 398 g/mol. The molecule has 6 nitrogen and oxygen atoms in total. The zero-order valence-electron chi connectivity index (χ0n) is 14.0. The van der Waals surface area contributed by atoms with Gasteiger partial charge in [0.25, 0.3) is 0 Å². The monoisotopic (exact) mass is 411 g/mol. The Morgan fingerprint density at radius 2 is 1.81 bits per heavy atom. The Hall–Kier alpha value is -2.49. The Morgan fingerprint density at radius 1 is 0.963 bits per heavy atom. The van der Waals surface area contributed by atoms with Crippen LogP contribution >= 0.6 is 34.4 Å². The van der Waals surface area contributed by atoms with Gasteiger partial charge in [0.05, 0.1) is 16.0 Å². The van der Waals surface area contributed by atoms with Gasteiger partial charge in [-0.05, 0) is 24.3 Å². The second-order valence-electron chi connectivity index (χ2n) is 5.64. The van der Waals surface area contributed by atoms with Crippen LogP contribution in [0.25, 0.3) is 15.2 Å². The maximum Gasteiger partial charge on any atom is 0.234 e. The first-order valence-corrected chi connectivity index (χ1v) is 10.8. The van der Waals surface area contributed by atoms with Crippen LogP contribution < -0.4 is 4.74 Å². The molecule has 5 aromatic rings. The summed E-state index contributed by atoms with van der Waals surface area (Å²) in [6, 6.07) is 17.9. The van der Waals surface area contributed by atoms with Crippen molar-refractivity contribution in [1.29, 1.82) is 0 Å². The Morgan fingerprint density at radius 3 is 2.70 bits per heavy atom. The fraction of sp³-hybridized carbons (Fsp3) is 0.111. The largest absolute Gasteiger partial charge is 0.486 e. The number of rotatable bonds is 6. The third-order valence-electron chi connectivity index (χ3n) is 3.80. The van der Waals surface area contributed by atoms with Gasteiger partial charge in [0.1, 0.15) is 12.4 Å². The Kier molecular flexibility index (Phi) is 4.48. The number of ether oxygens (including phenoxy) is 1. The van der Waals surface area contributed by atoms with Crippen molar-refractivity contribution in [2.45, 2.75) is 16.7 Å². The highest BCUT2D eigenvalue weighted by molar-refractivity contribution is 8.00. The Balaban J connectivity index is 1.29. The number of hydrogen-bond acceptors (Lipinski definition) is 8. The second-order valence-corrected chi connectivity index (χ2v) is 8.94. The van der Waals surface area contributed by atoms with E-state index in [4.69, 9.17) is 4.74 Å². The van der Waals surface area contributed by atoms with E-state index in [9.17, 15) is 0 Å². The molecule has 0 aliphatic rings. The summed E-state index contributed by atoms with van der Waals surface area (Å²) in [5.74, 6) is 2.32. The number of benzene rings is 2. The van der Waals surface area contributed by atoms with Crippen LogP contribution in [0.4, 0.5) is 0 Å². The molecule has 0 saturated carbocycles. The van der Waals surface area contributed by atoms with Crippen molar-refractivity contribution in [3.63, 3.8) is 0 Å². The highest BCUT2D eigenvalue weighted by atomic mass is 32.2. The van der Waals surface area contributed by atoms with E-state index in [1.807, 2.05) is 48.5 Å². The van der Waals surface area contributed by atoms with Gasteiger partial charge in [-0.25, -0.2) is 4.98 Å². The topological polar surface area (TPSA) is 65.2 Å². The number of fused-ring (bicyclic) bond motifs is 2. The minimum atomic E-state index is 0.419. The van der Waals surface area contributed by atoms with E-state index in [0.717, 1.165) is 31.4 Å². The third kappa shape index (κ3) is 3.53. The Labute approximate surface area is 166 Å². The van der Waals surface area contributed by atoms with Crippen LogP contribution in [-0.4, -0.2) is 24.8 Å². The van der Waals surface area contributed by atoms with E-state index in [2.05, 4.69) is 26.3 Å². The van der Waals surface area contributed by atoms with E-state index in [0.29, 0.717) is 12.4 Å². The highest BCUT2D eigenvalue weighted by Crippen LogP contribution is 2.31. The summed E-state index contributed by atoms with van der Waals surface area (Å²) >= 11 is 4.84. The van der Waals surface area contributed by atoms with Gasteiger partial charge in [0.15, 0.2) is 15.2 Å². The molecule has 0 saturated heterocycles. The molecule has 2 aromatic carbocycles. The number of aromatic nitrogens is 5. The van der Waals surface area contributed by atoms with Gasteiger partial charge in [-0.2, -0.15) is 9.61 Å². The van der Waals surface area contributed by atoms with Gasteiger partial charge < -0.3 is 4.74 Å². The van der Waals surface area contributed by atoms with Crippen molar-refractivity contribution in [3.05, 3.63) is 65.4 Å². The van der Waals surface area contributed by atoms with Crippen LogP contribution in [-0.2, 0) is 12.4 Å². The lowest BCUT2D eigenvalue weighted by molar-refractivity contribution is 0.304. The van der Waals surface area contributed by atoms with Gasteiger partial charge >= 0.3 is 0 Å². The maximum absolute atomic E-state index is 5.77. The molecule has 0 atom stereocenters. The van der Waals surface area contributed by atoms with Crippen LogP contribution in [0.2, 0.25) is 0 Å². The highest BCUT2D eigenvalue weighted by Gasteiger charge is 2.13. The molecule has 0 N–H and O–H groups in total. The zero-order valence-corrected chi connectivity index (χ0v) is 16.4. The van der Waals surface area contributed by atoms with E-state index < -0.39 is 0 Å². The van der Waals surface area contributed by atoms with Crippen LogP contribution in [0.3, 0.4) is 0 Å². The quantitative estimate of drug-likeness (QED) is 0.379. The standard InChI is InChI=1S/C18H13N5OS3/c1-2-6-12(7-3-1)24-10-16-22-23-15(20-21-17(23)27-16)11-25-18-19-13-8-4-5-9-14(13)26-18/h1-9H,10-11H2. The minimum absolute atomic E-state index is 0.419. The lowest BCUT2D eigenvalue weighted by Gasteiger charge is -2.02. The van der Waals surface area contributed by atoms with E-state index >= 15 is 0 Å². The lowest BCUT2D eigenvalue weighted by atomic mass is 10.3. The van der Waals surface area contributed by atoms with E-state index in [1.165, 1.54) is 16.0 Å². The van der Waals surface area contributed by atoms with Crippen LogP contribution in [0.1, 0.15) is 10.8 Å². The van der Waals surface area contributed by atoms with Gasteiger partial charge in [0, 0.05) is 0 Å². The van der Waals surface area contributed by atoms with Crippen LogP contribution in [0.5, 0.6) is 5.75 Å². The zero-order chi connectivity index (χ0) is 18.1. The average molecular weight is 412 g/mol. The molecule has 0 amide bonds. The molecule has 3 aromatic heterocycles. The van der Waals surface area contributed by atoms with Crippen LogP contribution in [0, 0.1) is 0 Å². The maximum atomic E-state index is 5.77. The molecule has 0 bridgehead atoms. The molecule has 0 fully saturated rings. The van der Waals surface area contributed by atoms with Crippen LogP contribution in [0.15, 0.2) is 58.9 Å². The molecule has 0 unspecified atom stereocenters. The number of para-hydroxylation sites is 2. The molecule has 0 spiro atoms. The molecule has 134 valence electrons. The first-order chi connectivity index (χ1) is 13.3. The molecule has 3 heterocycles. The summed E-state index contributed by atoms with van der Waals surface area (Å²) in [6.07, 6.45) is 0. The SMILES string of the molecule is c1ccc(OCc2nn3c(CSc4nc5ccccc5s4)nnc3s2)cc1. The van der Waals surface area contributed by atoms with Crippen molar-refractivity contribution in [2.24, 2.45) is 0 Å². The summed E-state index contributed by atoms with van der Waals surface area (Å²) in [5.41, 5.74) is 1.03. The third-order valence-corrected chi connectivity index (χ3v) is 6.85. The summed E-state index contributed by atoms with van der Waals surface area (Å²) in [7, 11) is 0. The molecule has 5 rings (SSSR count). The van der Waals surface area contributed by atoms with Crippen molar-refractivity contribution in [1.82, 2.24) is 24.8 Å². The molecular formula is C18H13N5OS3. The molecule has 0 aliphatic heterocycles. The first-order valence-electron chi connectivity index (χ1n) is 8.21. The molecule has 27 heavy (non-hydrogen) atoms. The van der Waals surface area contributed by atoms with Gasteiger partial charge in [-0.15, -0.1) is 21.5 Å². The second kappa shape index (κ2) is 7.26. The summed E-state index contributed by atoms with van der Waals surface area (Å²) < 4.78 is 9.79. The summed E-state index contributed by atoms with van der Waals surface area (Å²) in [4.78, 5) is 5.43. The van der Waals surface area contributed by atoms with Gasteiger partial charge in [-0.3, -0.25) is 0 Å². The van der Waals surface area contributed by atoms with Crippen molar-refractivity contribution < 1.29 is 4.74 Å². The van der Waals surface area contributed by atoms with Crippen molar-refractivity contribution in [3.8, 4) is 5.75 Å². The normalized spacial score (nSPS) is 11.4. The lowest BCUT2D eigenvalue weighted by Crippen LogP contribution is -1.98. The minimum Gasteiger partial charge on any atom is -0.486 e. The molecule has 9 heteroatoms. The number of hydrogen-bond donors (Lipinski definition) is 0. The summed E-state index contributed by atoms with van der Waals surface area (Å²) in [6.45, 7) is 0.419. The predicted molar refractivity (Wildman–Crippen MR) is 109 cm³/mol. The smallest absolute Gasteiger partial charge is 0.234 e.